The zero-order valence-corrected chi connectivity index (χ0v) is 13.3. The average Bonchev–Trinajstić information content (AvgIpc) is 2.58. The maximum Gasteiger partial charge on any atom is 0.313 e. The van der Waals surface area contributed by atoms with E-state index in [1.54, 1.807) is 19.1 Å². The molecule has 2 rings (SSSR count). The third-order valence-electron chi connectivity index (χ3n) is 3.52. The van der Waals surface area contributed by atoms with Gasteiger partial charge in [-0.25, -0.2) is 4.39 Å². The molecule has 2 aromatic rings. The van der Waals surface area contributed by atoms with Crippen LogP contribution in [0.4, 0.5) is 10.1 Å². The van der Waals surface area contributed by atoms with Crippen molar-refractivity contribution >= 4 is 17.5 Å². The highest BCUT2D eigenvalue weighted by atomic mass is 19.1. The summed E-state index contributed by atoms with van der Waals surface area (Å²) in [5.74, 6) is -2.18. The van der Waals surface area contributed by atoms with Gasteiger partial charge in [-0.15, -0.1) is 0 Å². The number of aliphatic hydroxyl groups excluding tert-OH is 1. The summed E-state index contributed by atoms with van der Waals surface area (Å²) in [5.41, 5.74) is 1.40. The van der Waals surface area contributed by atoms with E-state index in [9.17, 15) is 19.1 Å². The SMILES string of the molecule is Cc1ccc(NC(=O)C(=O)NCC[C@H](O)c2ccccc2)cc1F. The van der Waals surface area contributed by atoms with Gasteiger partial charge in [-0.1, -0.05) is 36.4 Å². The van der Waals surface area contributed by atoms with E-state index in [2.05, 4.69) is 10.6 Å². The fourth-order valence-electron chi connectivity index (χ4n) is 2.10. The molecule has 3 N–H and O–H groups in total. The van der Waals surface area contributed by atoms with Gasteiger partial charge in [0.05, 0.1) is 6.10 Å². The van der Waals surface area contributed by atoms with Crippen molar-refractivity contribution in [1.82, 2.24) is 5.32 Å². The van der Waals surface area contributed by atoms with E-state index in [1.165, 1.54) is 12.1 Å². The molecular weight excluding hydrogens is 311 g/mol. The van der Waals surface area contributed by atoms with Gasteiger partial charge in [0, 0.05) is 12.2 Å². The highest BCUT2D eigenvalue weighted by Crippen LogP contribution is 2.15. The standard InChI is InChI=1S/C18H19FN2O3/c1-12-7-8-14(11-15(12)19)21-18(24)17(23)20-10-9-16(22)13-5-3-2-4-6-13/h2-8,11,16,22H,9-10H2,1H3,(H,20,23)(H,21,24)/t16-/m0/s1. The average molecular weight is 330 g/mol. The van der Waals surface area contributed by atoms with Crippen molar-refractivity contribution in [3.8, 4) is 0 Å². The van der Waals surface area contributed by atoms with Crippen molar-refractivity contribution < 1.29 is 19.1 Å². The van der Waals surface area contributed by atoms with Crippen LogP contribution in [0.25, 0.3) is 0 Å². The van der Waals surface area contributed by atoms with Crippen LogP contribution in [-0.4, -0.2) is 23.5 Å². The molecule has 0 aliphatic rings. The number of carbonyl (C=O) groups excluding carboxylic acids is 2. The molecule has 6 heteroatoms. The summed E-state index contributed by atoms with van der Waals surface area (Å²) >= 11 is 0. The lowest BCUT2D eigenvalue weighted by Crippen LogP contribution is -2.36. The largest absolute Gasteiger partial charge is 0.388 e. The molecule has 2 aromatic carbocycles. The summed E-state index contributed by atoms with van der Waals surface area (Å²) in [6, 6.07) is 13.2. The van der Waals surface area contributed by atoms with Crippen LogP contribution < -0.4 is 10.6 Å². The first-order valence-corrected chi connectivity index (χ1v) is 7.55. The van der Waals surface area contributed by atoms with Gasteiger partial charge in [-0.05, 0) is 36.6 Å². The van der Waals surface area contributed by atoms with E-state index in [0.29, 0.717) is 5.56 Å². The summed E-state index contributed by atoms with van der Waals surface area (Å²) in [5, 5.41) is 14.7. The minimum Gasteiger partial charge on any atom is -0.388 e. The molecule has 0 heterocycles. The number of benzene rings is 2. The molecule has 0 aliphatic heterocycles. The van der Waals surface area contributed by atoms with Crippen LogP contribution >= 0.6 is 0 Å². The summed E-state index contributed by atoms with van der Waals surface area (Å²) < 4.78 is 13.4. The molecule has 0 aromatic heterocycles. The van der Waals surface area contributed by atoms with Crippen LogP contribution in [0.5, 0.6) is 0 Å². The Morgan fingerprint density at radius 2 is 1.83 bits per heavy atom. The van der Waals surface area contributed by atoms with E-state index in [1.807, 2.05) is 18.2 Å². The molecule has 0 spiro atoms. The molecule has 0 unspecified atom stereocenters. The monoisotopic (exact) mass is 330 g/mol. The number of rotatable bonds is 5. The molecular formula is C18H19FN2O3. The zero-order chi connectivity index (χ0) is 17.5. The van der Waals surface area contributed by atoms with Gasteiger partial charge in [0.2, 0.25) is 0 Å². The Balaban J connectivity index is 1.79. The van der Waals surface area contributed by atoms with Crippen LogP contribution in [0.15, 0.2) is 48.5 Å². The number of nitrogens with one attached hydrogen (secondary N) is 2. The number of aliphatic hydroxyl groups is 1. The van der Waals surface area contributed by atoms with E-state index < -0.39 is 23.7 Å². The van der Waals surface area contributed by atoms with Gasteiger partial charge in [0.15, 0.2) is 0 Å². The summed E-state index contributed by atoms with van der Waals surface area (Å²) in [7, 11) is 0. The number of halogens is 1. The Kier molecular flexibility index (Phi) is 6.03. The Hall–Kier alpha value is -2.73. The second-order valence-electron chi connectivity index (χ2n) is 5.39. The third kappa shape index (κ3) is 4.89. The molecule has 24 heavy (non-hydrogen) atoms. The molecule has 0 radical (unpaired) electrons. The number of carbonyl (C=O) groups is 2. The van der Waals surface area contributed by atoms with Crippen molar-refractivity contribution in [3.05, 3.63) is 65.5 Å². The Bertz CT molecular complexity index is 719. The summed E-state index contributed by atoms with van der Waals surface area (Å²) in [4.78, 5) is 23.5. The normalized spacial score (nSPS) is 11.6. The van der Waals surface area contributed by atoms with E-state index >= 15 is 0 Å². The quantitative estimate of drug-likeness (QED) is 0.736. The van der Waals surface area contributed by atoms with Gasteiger partial charge in [0.1, 0.15) is 5.82 Å². The maximum atomic E-state index is 13.4. The van der Waals surface area contributed by atoms with E-state index in [-0.39, 0.29) is 18.7 Å². The minimum atomic E-state index is -0.882. The number of hydrogen-bond donors (Lipinski definition) is 3. The molecule has 1 atom stereocenters. The van der Waals surface area contributed by atoms with Crippen molar-refractivity contribution in [2.45, 2.75) is 19.4 Å². The van der Waals surface area contributed by atoms with Crippen molar-refractivity contribution in [2.75, 3.05) is 11.9 Å². The van der Waals surface area contributed by atoms with Crippen LogP contribution in [0.1, 0.15) is 23.7 Å². The molecule has 0 bridgehead atoms. The lowest BCUT2D eigenvalue weighted by atomic mass is 10.1. The van der Waals surface area contributed by atoms with Gasteiger partial charge in [-0.2, -0.15) is 0 Å². The fourth-order valence-corrected chi connectivity index (χ4v) is 2.10. The van der Waals surface area contributed by atoms with Crippen LogP contribution in [0.2, 0.25) is 0 Å². The molecule has 0 saturated carbocycles. The number of amides is 2. The zero-order valence-electron chi connectivity index (χ0n) is 13.3. The Morgan fingerprint density at radius 1 is 1.12 bits per heavy atom. The highest BCUT2D eigenvalue weighted by Gasteiger charge is 2.15. The molecule has 2 amide bonds. The van der Waals surface area contributed by atoms with Crippen LogP contribution in [0, 0.1) is 12.7 Å². The second kappa shape index (κ2) is 8.21. The first-order chi connectivity index (χ1) is 11.5. The molecule has 0 aliphatic carbocycles. The van der Waals surface area contributed by atoms with Crippen molar-refractivity contribution in [3.63, 3.8) is 0 Å². The topological polar surface area (TPSA) is 78.4 Å². The number of aryl methyl sites for hydroxylation is 1. The Labute approximate surface area is 139 Å². The van der Waals surface area contributed by atoms with Crippen LogP contribution in [-0.2, 0) is 9.59 Å². The predicted molar refractivity (Wildman–Crippen MR) is 88.8 cm³/mol. The fraction of sp³-hybridized carbons (Fsp3) is 0.222. The first-order valence-electron chi connectivity index (χ1n) is 7.55. The highest BCUT2D eigenvalue weighted by molar-refractivity contribution is 6.39. The second-order valence-corrected chi connectivity index (χ2v) is 5.39. The summed E-state index contributed by atoms with van der Waals surface area (Å²) in [6.07, 6.45) is -0.442. The van der Waals surface area contributed by atoms with E-state index in [0.717, 1.165) is 11.6 Å². The first kappa shape index (κ1) is 17.6. The number of anilines is 1. The van der Waals surface area contributed by atoms with Gasteiger partial charge in [-0.3, -0.25) is 9.59 Å². The molecule has 0 fully saturated rings. The van der Waals surface area contributed by atoms with Crippen molar-refractivity contribution in [2.24, 2.45) is 0 Å². The molecule has 5 nitrogen and oxygen atoms in total. The van der Waals surface area contributed by atoms with Crippen molar-refractivity contribution in [1.29, 1.82) is 0 Å². The summed E-state index contributed by atoms with van der Waals surface area (Å²) in [6.45, 7) is 1.75. The smallest absolute Gasteiger partial charge is 0.313 e. The van der Waals surface area contributed by atoms with Gasteiger partial charge in [0.25, 0.3) is 0 Å². The lowest BCUT2D eigenvalue weighted by Gasteiger charge is -2.11. The molecule has 0 saturated heterocycles. The number of hydrogen-bond acceptors (Lipinski definition) is 3. The van der Waals surface area contributed by atoms with Crippen LogP contribution in [0.3, 0.4) is 0 Å². The molecule has 126 valence electrons. The van der Waals surface area contributed by atoms with E-state index in [4.69, 9.17) is 0 Å². The predicted octanol–water partition coefficient (Wildman–Crippen LogP) is 2.31. The van der Waals surface area contributed by atoms with Gasteiger partial charge < -0.3 is 15.7 Å². The lowest BCUT2D eigenvalue weighted by molar-refractivity contribution is -0.136. The minimum absolute atomic E-state index is 0.143. The Morgan fingerprint density at radius 3 is 2.50 bits per heavy atom. The van der Waals surface area contributed by atoms with Gasteiger partial charge >= 0.3 is 11.8 Å². The third-order valence-corrected chi connectivity index (χ3v) is 3.52. The maximum absolute atomic E-state index is 13.4.